The van der Waals surface area contributed by atoms with E-state index in [0.717, 1.165) is 30.4 Å². The van der Waals surface area contributed by atoms with Crippen LogP contribution < -0.4 is 5.32 Å². The van der Waals surface area contributed by atoms with E-state index in [1.54, 1.807) is 0 Å². The van der Waals surface area contributed by atoms with Crippen molar-refractivity contribution in [3.63, 3.8) is 0 Å². The lowest BCUT2D eigenvalue weighted by molar-refractivity contribution is -0.125. The highest BCUT2D eigenvalue weighted by atomic mass is 16.1. The first-order valence-corrected chi connectivity index (χ1v) is 9.28. The lowest BCUT2D eigenvalue weighted by Gasteiger charge is -2.27. The van der Waals surface area contributed by atoms with Gasteiger partial charge in [-0.3, -0.25) is 4.79 Å². The molecule has 0 radical (unpaired) electrons. The zero-order chi connectivity index (χ0) is 17.8. The molecule has 1 aliphatic carbocycles. The molecule has 0 heterocycles. The van der Waals surface area contributed by atoms with Gasteiger partial charge in [0.1, 0.15) is 0 Å². The molecular formula is C24H23NO. The molecule has 2 heteroatoms. The maximum atomic E-state index is 13.1. The molecule has 130 valence electrons. The number of carbonyl (C=O) groups excluding carboxylic acids is 1. The number of carbonyl (C=O) groups is 1. The van der Waals surface area contributed by atoms with E-state index in [1.165, 1.54) is 11.1 Å². The SMILES string of the molecule is O=C(NC(c1ccccc1)c1ccccc1)C1CCc2ccccc2C1. The number of rotatable bonds is 4. The minimum absolute atomic E-state index is 0.0415. The average molecular weight is 341 g/mol. The zero-order valence-corrected chi connectivity index (χ0v) is 14.8. The van der Waals surface area contributed by atoms with Gasteiger partial charge in [-0.2, -0.15) is 0 Å². The molecule has 0 aliphatic heterocycles. The van der Waals surface area contributed by atoms with Gasteiger partial charge in [0.25, 0.3) is 0 Å². The van der Waals surface area contributed by atoms with E-state index in [-0.39, 0.29) is 17.9 Å². The van der Waals surface area contributed by atoms with E-state index in [4.69, 9.17) is 0 Å². The Morgan fingerprint density at radius 1 is 0.769 bits per heavy atom. The van der Waals surface area contributed by atoms with E-state index < -0.39 is 0 Å². The summed E-state index contributed by atoms with van der Waals surface area (Å²) in [4.78, 5) is 13.1. The van der Waals surface area contributed by atoms with Gasteiger partial charge >= 0.3 is 0 Å². The molecule has 1 aliphatic rings. The van der Waals surface area contributed by atoms with Crippen LogP contribution in [0.1, 0.15) is 34.7 Å². The minimum Gasteiger partial charge on any atom is -0.345 e. The Kier molecular flexibility index (Phi) is 4.83. The van der Waals surface area contributed by atoms with Crippen LogP contribution in [0.5, 0.6) is 0 Å². The van der Waals surface area contributed by atoms with Crippen LogP contribution in [0.3, 0.4) is 0 Å². The molecule has 0 saturated heterocycles. The summed E-state index contributed by atoms with van der Waals surface area (Å²) in [6, 6.07) is 28.8. The molecule has 26 heavy (non-hydrogen) atoms. The van der Waals surface area contributed by atoms with Crippen molar-refractivity contribution in [2.24, 2.45) is 5.92 Å². The van der Waals surface area contributed by atoms with Crippen LogP contribution in [0.25, 0.3) is 0 Å². The van der Waals surface area contributed by atoms with Gasteiger partial charge in [0, 0.05) is 5.92 Å². The first kappa shape index (κ1) is 16.6. The van der Waals surface area contributed by atoms with Crippen LogP contribution in [0.15, 0.2) is 84.9 Å². The molecule has 0 spiro atoms. The molecule has 0 bridgehead atoms. The van der Waals surface area contributed by atoms with Crippen molar-refractivity contribution in [1.82, 2.24) is 5.32 Å². The molecule has 4 rings (SSSR count). The van der Waals surface area contributed by atoms with Gasteiger partial charge in [-0.05, 0) is 41.5 Å². The second-order valence-electron chi connectivity index (χ2n) is 6.97. The van der Waals surface area contributed by atoms with Gasteiger partial charge in [0.2, 0.25) is 5.91 Å². The molecule has 2 nitrogen and oxygen atoms in total. The minimum atomic E-state index is -0.109. The van der Waals surface area contributed by atoms with Gasteiger partial charge in [-0.15, -0.1) is 0 Å². The molecule has 3 aromatic carbocycles. The van der Waals surface area contributed by atoms with Crippen LogP contribution >= 0.6 is 0 Å². The average Bonchev–Trinajstić information content (AvgIpc) is 2.72. The van der Waals surface area contributed by atoms with Crippen molar-refractivity contribution < 1.29 is 4.79 Å². The predicted octanol–water partition coefficient (Wildman–Crippen LogP) is 4.70. The fourth-order valence-electron chi connectivity index (χ4n) is 3.83. The van der Waals surface area contributed by atoms with Crippen molar-refractivity contribution in [2.45, 2.75) is 25.3 Å². The number of aryl methyl sites for hydroxylation is 1. The summed E-state index contributed by atoms with van der Waals surface area (Å²) in [5, 5.41) is 3.31. The number of nitrogens with one attached hydrogen (secondary N) is 1. The first-order chi connectivity index (χ1) is 12.8. The van der Waals surface area contributed by atoms with Crippen LogP contribution in [-0.2, 0) is 17.6 Å². The molecule has 0 aromatic heterocycles. The summed E-state index contributed by atoms with van der Waals surface area (Å²) in [6.07, 6.45) is 2.73. The third-order valence-corrected chi connectivity index (χ3v) is 5.27. The fraction of sp³-hybridized carbons (Fsp3) is 0.208. The number of fused-ring (bicyclic) bond motifs is 1. The van der Waals surface area contributed by atoms with Gasteiger partial charge in [0.05, 0.1) is 6.04 Å². The van der Waals surface area contributed by atoms with E-state index in [0.29, 0.717) is 0 Å². The van der Waals surface area contributed by atoms with E-state index >= 15 is 0 Å². The Hall–Kier alpha value is -2.87. The maximum absolute atomic E-state index is 13.1. The number of benzene rings is 3. The van der Waals surface area contributed by atoms with Gasteiger partial charge in [-0.1, -0.05) is 84.9 Å². The van der Waals surface area contributed by atoms with Crippen LogP contribution in [0, 0.1) is 5.92 Å². The van der Waals surface area contributed by atoms with Crippen molar-refractivity contribution in [3.05, 3.63) is 107 Å². The van der Waals surface area contributed by atoms with Crippen molar-refractivity contribution >= 4 is 5.91 Å². The first-order valence-electron chi connectivity index (χ1n) is 9.28. The molecule has 0 fully saturated rings. The predicted molar refractivity (Wildman–Crippen MR) is 105 cm³/mol. The molecular weight excluding hydrogens is 318 g/mol. The van der Waals surface area contributed by atoms with E-state index in [9.17, 15) is 4.79 Å². The maximum Gasteiger partial charge on any atom is 0.224 e. The summed E-state index contributed by atoms with van der Waals surface area (Å²) in [6.45, 7) is 0. The quantitative estimate of drug-likeness (QED) is 0.732. The normalized spacial score (nSPS) is 16.1. The van der Waals surface area contributed by atoms with E-state index in [2.05, 4.69) is 53.8 Å². The largest absolute Gasteiger partial charge is 0.345 e. The Morgan fingerprint density at radius 2 is 1.31 bits per heavy atom. The summed E-state index contributed by atoms with van der Waals surface area (Å²) in [5.41, 5.74) is 4.93. The summed E-state index contributed by atoms with van der Waals surface area (Å²) in [5.74, 6) is 0.192. The topological polar surface area (TPSA) is 29.1 Å². The van der Waals surface area contributed by atoms with Crippen molar-refractivity contribution in [2.75, 3.05) is 0 Å². The van der Waals surface area contributed by atoms with Gasteiger partial charge < -0.3 is 5.32 Å². The number of hydrogen-bond donors (Lipinski definition) is 1. The highest BCUT2D eigenvalue weighted by molar-refractivity contribution is 5.80. The molecule has 1 atom stereocenters. The highest BCUT2D eigenvalue weighted by Gasteiger charge is 2.27. The van der Waals surface area contributed by atoms with Crippen LogP contribution in [0.2, 0.25) is 0 Å². The summed E-state index contributed by atoms with van der Waals surface area (Å²) in [7, 11) is 0. The molecule has 3 aromatic rings. The lowest BCUT2D eigenvalue weighted by Crippen LogP contribution is -2.37. The van der Waals surface area contributed by atoms with E-state index in [1.807, 2.05) is 36.4 Å². The Bertz CT molecular complexity index is 833. The Morgan fingerprint density at radius 3 is 1.92 bits per heavy atom. The summed E-state index contributed by atoms with van der Waals surface area (Å²) < 4.78 is 0. The van der Waals surface area contributed by atoms with Gasteiger partial charge in [-0.25, -0.2) is 0 Å². The molecule has 1 amide bonds. The van der Waals surface area contributed by atoms with Crippen molar-refractivity contribution in [3.8, 4) is 0 Å². The third-order valence-electron chi connectivity index (χ3n) is 5.27. The van der Waals surface area contributed by atoms with Gasteiger partial charge in [0.15, 0.2) is 0 Å². The highest BCUT2D eigenvalue weighted by Crippen LogP contribution is 2.28. The van der Waals surface area contributed by atoms with Crippen LogP contribution in [0.4, 0.5) is 0 Å². The van der Waals surface area contributed by atoms with Crippen LogP contribution in [-0.4, -0.2) is 5.91 Å². The molecule has 0 saturated carbocycles. The smallest absolute Gasteiger partial charge is 0.224 e. The molecule has 1 unspecified atom stereocenters. The van der Waals surface area contributed by atoms with Crippen molar-refractivity contribution in [1.29, 1.82) is 0 Å². The standard InChI is InChI=1S/C24H23NO/c26-24(22-16-15-18-9-7-8-14-21(18)17-22)25-23(19-10-3-1-4-11-19)20-12-5-2-6-13-20/h1-14,22-23H,15-17H2,(H,25,26). The monoisotopic (exact) mass is 341 g/mol. The second kappa shape index (κ2) is 7.57. The Labute approximate surface area is 154 Å². The Balaban J connectivity index is 1.56. The third kappa shape index (κ3) is 3.55. The fourth-order valence-corrected chi connectivity index (χ4v) is 3.83. The number of hydrogen-bond acceptors (Lipinski definition) is 1. The molecule has 1 N–H and O–H groups in total. The zero-order valence-electron chi connectivity index (χ0n) is 14.8. The lowest BCUT2D eigenvalue weighted by atomic mass is 9.83. The second-order valence-corrected chi connectivity index (χ2v) is 6.97. The summed E-state index contributed by atoms with van der Waals surface area (Å²) >= 11 is 0. The number of amides is 1.